The summed E-state index contributed by atoms with van der Waals surface area (Å²) < 4.78 is 0. The maximum atomic E-state index is 4.32. The van der Waals surface area contributed by atoms with Crippen LogP contribution in [0.25, 0.3) is 33.4 Å². The lowest BCUT2D eigenvalue weighted by Crippen LogP contribution is -2.43. The van der Waals surface area contributed by atoms with E-state index < -0.39 is 5.41 Å². The van der Waals surface area contributed by atoms with Crippen molar-refractivity contribution in [2.45, 2.75) is 34.5 Å². The van der Waals surface area contributed by atoms with Gasteiger partial charge in [-0.3, -0.25) is 4.98 Å². The summed E-state index contributed by atoms with van der Waals surface area (Å²) in [6, 6.07) is 56.4. The first-order valence-corrected chi connectivity index (χ1v) is 17.1. The van der Waals surface area contributed by atoms with Gasteiger partial charge in [-0.1, -0.05) is 153 Å². The lowest BCUT2D eigenvalue weighted by molar-refractivity contribution is 0.549. The average molecular weight is 620 g/mol. The molecule has 2 heterocycles. The monoisotopic (exact) mass is 619 g/mol. The highest BCUT2D eigenvalue weighted by molar-refractivity contribution is 7.99. The first kappa shape index (κ1) is 28.1. The van der Waals surface area contributed by atoms with Gasteiger partial charge < -0.3 is 0 Å². The SMILES string of the molecule is CC1(C)c2ccccc2C2(c3ccccc3Sc3ccccc32)c2cc(-c3ccccc3-c3ccc(-c4cccnc4)cc3)ccc21. The van der Waals surface area contributed by atoms with Crippen molar-refractivity contribution in [1.29, 1.82) is 0 Å². The summed E-state index contributed by atoms with van der Waals surface area (Å²) in [7, 11) is 0. The zero-order valence-corrected chi connectivity index (χ0v) is 27.3. The molecule has 1 spiro atoms. The second kappa shape index (κ2) is 10.7. The predicted octanol–water partition coefficient (Wildman–Crippen LogP) is 11.6. The molecule has 1 aliphatic heterocycles. The number of hydrogen-bond acceptors (Lipinski definition) is 2. The third-order valence-electron chi connectivity index (χ3n) is 10.3. The van der Waals surface area contributed by atoms with Crippen LogP contribution in [0.3, 0.4) is 0 Å². The second-order valence-corrected chi connectivity index (χ2v) is 14.2. The molecule has 0 bridgehead atoms. The fourth-order valence-corrected chi connectivity index (χ4v) is 9.34. The van der Waals surface area contributed by atoms with Crippen LogP contribution in [0.2, 0.25) is 0 Å². The van der Waals surface area contributed by atoms with Gasteiger partial charge in [-0.15, -0.1) is 0 Å². The van der Waals surface area contributed by atoms with Gasteiger partial charge in [0.05, 0.1) is 5.41 Å². The smallest absolute Gasteiger partial charge is 0.0729 e. The first-order chi connectivity index (χ1) is 23.1. The second-order valence-electron chi connectivity index (χ2n) is 13.1. The predicted molar refractivity (Wildman–Crippen MR) is 195 cm³/mol. The van der Waals surface area contributed by atoms with Gasteiger partial charge in [0.25, 0.3) is 0 Å². The number of pyridine rings is 1. The molecule has 0 radical (unpaired) electrons. The first-order valence-electron chi connectivity index (χ1n) is 16.3. The number of benzene rings is 6. The van der Waals surface area contributed by atoms with Crippen LogP contribution in [0.5, 0.6) is 0 Å². The molecule has 224 valence electrons. The molecule has 0 N–H and O–H groups in total. The van der Waals surface area contributed by atoms with Gasteiger partial charge >= 0.3 is 0 Å². The van der Waals surface area contributed by atoms with E-state index in [0.717, 1.165) is 5.56 Å². The van der Waals surface area contributed by atoms with Gasteiger partial charge in [0, 0.05) is 27.6 Å². The molecule has 2 heteroatoms. The molecule has 0 unspecified atom stereocenters. The minimum absolute atomic E-state index is 0.161. The molecular formula is C45H33NS. The third kappa shape index (κ3) is 4.15. The highest BCUT2D eigenvalue weighted by atomic mass is 32.2. The van der Waals surface area contributed by atoms with Crippen molar-refractivity contribution in [3.05, 3.63) is 197 Å². The minimum Gasteiger partial charge on any atom is -0.264 e. The lowest BCUT2D eigenvalue weighted by Gasteiger charge is -2.50. The quantitative estimate of drug-likeness (QED) is 0.195. The van der Waals surface area contributed by atoms with E-state index in [1.54, 1.807) is 0 Å². The third-order valence-corrected chi connectivity index (χ3v) is 11.5. The van der Waals surface area contributed by atoms with Crippen LogP contribution in [0.1, 0.15) is 47.2 Å². The Bertz CT molecular complexity index is 2250. The minimum atomic E-state index is -0.434. The van der Waals surface area contributed by atoms with Crippen LogP contribution in [-0.4, -0.2) is 4.98 Å². The normalized spacial score (nSPS) is 14.9. The lowest BCUT2D eigenvalue weighted by atomic mass is 9.54. The van der Waals surface area contributed by atoms with Crippen LogP contribution in [-0.2, 0) is 10.8 Å². The summed E-state index contributed by atoms with van der Waals surface area (Å²) in [6.45, 7) is 4.79. The Morgan fingerprint density at radius 3 is 1.62 bits per heavy atom. The highest BCUT2D eigenvalue weighted by Gasteiger charge is 2.52. The fourth-order valence-electron chi connectivity index (χ4n) is 8.15. The summed E-state index contributed by atoms with van der Waals surface area (Å²) in [5.41, 5.74) is 14.9. The molecular weight excluding hydrogens is 587 g/mol. The van der Waals surface area contributed by atoms with Crippen LogP contribution in [0, 0.1) is 0 Å². The summed E-state index contributed by atoms with van der Waals surface area (Å²) in [6.07, 6.45) is 3.74. The maximum Gasteiger partial charge on any atom is 0.0729 e. The molecule has 2 aliphatic rings. The highest BCUT2D eigenvalue weighted by Crippen LogP contribution is 2.61. The number of aromatic nitrogens is 1. The van der Waals surface area contributed by atoms with Gasteiger partial charge in [-0.2, -0.15) is 0 Å². The van der Waals surface area contributed by atoms with Crippen molar-refractivity contribution >= 4 is 11.8 Å². The number of rotatable bonds is 3. The Morgan fingerprint density at radius 2 is 0.957 bits per heavy atom. The zero-order valence-electron chi connectivity index (χ0n) is 26.4. The van der Waals surface area contributed by atoms with Crippen molar-refractivity contribution in [3.63, 3.8) is 0 Å². The van der Waals surface area contributed by atoms with Crippen LogP contribution >= 0.6 is 11.8 Å². The van der Waals surface area contributed by atoms with Gasteiger partial charge in [0.2, 0.25) is 0 Å². The van der Waals surface area contributed by atoms with Gasteiger partial charge in [-0.05, 0) is 91.0 Å². The molecule has 0 saturated carbocycles. The molecule has 47 heavy (non-hydrogen) atoms. The molecule has 0 atom stereocenters. The van der Waals surface area contributed by atoms with Crippen molar-refractivity contribution < 1.29 is 0 Å². The van der Waals surface area contributed by atoms with Crippen molar-refractivity contribution in [2.75, 3.05) is 0 Å². The van der Waals surface area contributed by atoms with E-state index in [1.807, 2.05) is 30.2 Å². The van der Waals surface area contributed by atoms with Crippen molar-refractivity contribution in [3.8, 4) is 33.4 Å². The van der Waals surface area contributed by atoms with Crippen LogP contribution in [0.4, 0.5) is 0 Å². The van der Waals surface area contributed by atoms with E-state index in [0.29, 0.717) is 0 Å². The van der Waals surface area contributed by atoms with E-state index in [2.05, 4.69) is 164 Å². The maximum absolute atomic E-state index is 4.32. The summed E-state index contributed by atoms with van der Waals surface area (Å²) in [5.74, 6) is 0. The van der Waals surface area contributed by atoms with E-state index >= 15 is 0 Å². The van der Waals surface area contributed by atoms with Gasteiger partial charge in [0.15, 0.2) is 0 Å². The van der Waals surface area contributed by atoms with Crippen molar-refractivity contribution in [1.82, 2.24) is 4.98 Å². The van der Waals surface area contributed by atoms with E-state index in [4.69, 9.17) is 0 Å². The fraction of sp³-hybridized carbons (Fsp3) is 0.0889. The Kier molecular flexibility index (Phi) is 6.38. The summed E-state index contributed by atoms with van der Waals surface area (Å²) in [5, 5.41) is 0. The Balaban J connectivity index is 1.30. The molecule has 6 aromatic carbocycles. The zero-order chi connectivity index (χ0) is 31.6. The molecule has 1 aromatic heterocycles. The number of hydrogen-bond donors (Lipinski definition) is 0. The molecule has 7 aromatic rings. The van der Waals surface area contributed by atoms with Gasteiger partial charge in [0.1, 0.15) is 0 Å². The Hall–Kier alpha value is -5.18. The largest absolute Gasteiger partial charge is 0.264 e. The Labute approximate surface area is 281 Å². The van der Waals surface area contributed by atoms with E-state index in [9.17, 15) is 0 Å². The standard InChI is InChI=1S/C45H33NS/c1-44(2)36-15-5-6-16-38(36)45(39-17-7-9-19-42(39)47-43-20-10-8-18-40(43)45)41-28-32(25-26-37(41)44)35-14-4-3-13-34(35)31-23-21-30(22-24-31)33-12-11-27-46-29-33/h3-29H,1-2H3. The average Bonchev–Trinajstić information content (AvgIpc) is 3.14. The molecule has 9 rings (SSSR count). The molecule has 0 amide bonds. The number of nitrogens with zero attached hydrogens (tertiary/aromatic N) is 1. The van der Waals surface area contributed by atoms with Gasteiger partial charge in [-0.25, -0.2) is 0 Å². The molecule has 0 fully saturated rings. The molecule has 1 nitrogen and oxygen atoms in total. The topological polar surface area (TPSA) is 12.9 Å². The van der Waals surface area contributed by atoms with Crippen LogP contribution in [0.15, 0.2) is 174 Å². The number of fused-ring (bicyclic) bond motifs is 8. The Morgan fingerprint density at radius 1 is 0.426 bits per heavy atom. The van der Waals surface area contributed by atoms with E-state index in [-0.39, 0.29) is 5.41 Å². The van der Waals surface area contributed by atoms with Crippen LogP contribution < -0.4 is 0 Å². The van der Waals surface area contributed by atoms with Crippen molar-refractivity contribution in [2.24, 2.45) is 0 Å². The van der Waals surface area contributed by atoms with E-state index in [1.165, 1.54) is 71.0 Å². The summed E-state index contributed by atoms with van der Waals surface area (Å²) in [4.78, 5) is 6.97. The molecule has 0 saturated heterocycles. The molecule has 1 aliphatic carbocycles. The summed E-state index contributed by atoms with van der Waals surface area (Å²) >= 11 is 1.90.